The lowest BCUT2D eigenvalue weighted by Crippen LogP contribution is -2.20. The molecule has 0 fully saturated rings. The van der Waals surface area contributed by atoms with Gasteiger partial charge in [0.15, 0.2) is 0 Å². The van der Waals surface area contributed by atoms with Gasteiger partial charge in [-0.15, -0.1) is 0 Å². The monoisotopic (exact) mass is 347 g/mol. The first-order valence-corrected chi connectivity index (χ1v) is 12.2. The van der Waals surface area contributed by atoms with Crippen LogP contribution in [0.4, 0.5) is 0 Å². The molecule has 3 nitrogen and oxygen atoms in total. The van der Waals surface area contributed by atoms with Crippen LogP contribution in [0, 0.1) is 0 Å². The van der Waals surface area contributed by atoms with E-state index in [4.69, 9.17) is 0 Å². The van der Waals surface area contributed by atoms with E-state index in [1.165, 1.54) is 47.8 Å². The van der Waals surface area contributed by atoms with Gasteiger partial charge in [-0.3, -0.25) is 9.59 Å². The fraction of sp³-hybridized carbons (Fsp3) is 0.273. The molecule has 0 saturated heterocycles. The Morgan fingerprint density at radius 1 is 1.05 bits per heavy atom. The maximum atomic E-state index is 12.0. The van der Waals surface area contributed by atoms with Gasteiger partial charge in [-0.05, 0) is 28.4 Å². The second-order valence-electron chi connectivity index (χ2n) is 3.84. The van der Waals surface area contributed by atoms with Crippen molar-refractivity contribution in [2.24, 2.45) is 0 Å². The predicted molar refractivity (Wildman–Crippen MR) is 91.5 cm³/mol. The van der Waals surface area contributed by atoms with Crippen molar-refractivity contribution < 1.29 is 9.59 Å². The minimum Gasteiger partial charge on any atom is -0.268 e. The maximum absolute atomic E-state index is 12.0. The second-order valence-corrected chi connectivity index (χ2v) is 10.7. The summed E-state index contributed by atoms with van der Waals surface area (Å²) in [5.41, 5.74) is 1.02. The molecule has 0 spiro atoms. The summed E-state index contributed by atoms with van der Waals surface area (Å²) in [5.74, 6) is 0.718. The van der Waals surface area contributed by atoms with Crippen molar-refractivity contribution in [3.05, 3.63) is 35.4 Å². The quantitative estimate of drug-likeness (QED) is 0.248. The van der Waals surface area contributed by atoms with E-state index < -0.39 is 0 Å². The van der Waals surface area contributed by atoms with Crippen LogP contribution in [0.1, 0.15) is 27.1 Å². The van der Waals surface area contributed by atoms with Crippen LogP contribution in [-0.2, 0) is 0 Å². The molecule has 1 aliphatic rings. The summed E-state index contributed by atoms with van der Waals surface area (Å²) in [7, 11) is 7.35. The highest BCUT2D eigenvalue weighted by Gasteiger charge is 2.36. The Kier molecular flexibility index (Phi) is 6.21. The van der Waals surface area contributed by atoms with Crippen LogP contribution in [0.25, 0.3) is 0 Å². The van der Waals surface area contributed by atoms with Crippen molar-refractivity contribution in [1.82, 2.24) is 4.31 Å². The molecule has 1 heterocycles. The normalized spacial score (nSPS) is 14.2. The minimum atomic E-state index is -0.205. The minimum absolute atomic E-state index is 0.205. The molecule has 1 aromatic carbocycles. The first kappa shape index (κ1) is 15.4. The molecular weight excluding hydrogens is 334 g/mol. The first-order valence-electron chi connectivity index (χ1n) is 5.86. The van der Waals surface area contributed by atoms with Gasteiger partial charge in [0, 0.05) is 36.8 Å². The van der Waals surface area contributed by atoms with E-state index in [-0.39, 0.29) is 11.8 Å². The molecule has 0 saturated carbocycles. The SMILES string of the molecule is O=C1c2ccccc2C(=O)N1SSSSCCC[SiH3]. The Balaban J connectivity index is 1.83. The second kappa shape index (κ2) is 7.68. The van der Waals surface area contributed by atoms with E-state index in [0.717, 1.165) is 5.75 Å². The van der Waals surface area contributed by atoms with Crippen molar-refractivity contribution in [2.75, 3.05) is 5.75 Å². The molecule has 19 heavy (non-hydrogen) atoms. The number of nitrogens with zero attached hydrogens (tertiary/aromatic N) is 1. The molecule has 0 N–H and O–H groups in total. The summed E-state index contributed by atoms with van der Waals surface area (Å²) < 4.78 is 1.25. The predicted octanol–water partition coefficient (Wildman–Crippen LogP) is 3.05. The number of imide groups is 1. The van der Waals surface area contributed by atoms with Crippen LogP contribution in [-0.4, -0.2) is 32.1 Å². The first-order chi connectivity index (χ1) is 9.25. The zero-order valence-electron chi connectivity index (χ0n) is 10.3. The van der Waals surface area contributed by atoms with Crippen LogP contribution in [0.2, 0.25) is 6.04 Å². The largest absolute Gasteiger partial charge is 0.272 e. The summed E-state index contributed by atoms with van der Waals surface area (Å²) >= 11 is 0. The molecule has 2 amide bonds. The third-order valence-electron chi connectivity index (χ3n) is 2.52. The Morgan fingerprint density at radius 2 is 1.68 bits per heavy atom. The zero-order valence-corrected chi connectivity index (χ0v) is 15.6. The lowest BCUT2D eigenvalue weighted by molar-refractivity contribution is 0.0779. The molecule has 0 atom stereocenters. The Hall–Kier alpha value is -0.0231. The molecule has 0 radical (unpaired) electrons. The number of hydrogen-bond donors (Lipinski definition) is 0. The highest BCUT2D eigenvalue weighted by molar-refractivity contribution is 9.25. The van der Waals surface area contributed by atoms with Gasteiger partial charge in [0.05, 0.1) is 11.1 Å². The van der Waals surface area contributed by atoms with Gasteiger partial charge >= 0.3 is 0 Å². The molecule has 8 heteroatoms. The Labute approximate surface area is 130 Å². The van der Waals surface area contributed by atoms with Gasteiger partial charge in [0.1, 0.15) is 0 Å². The summed E-state index contributed by atoms with van der Waals surface area (Å²) in [5, 5.41) is 0. The Bertz CT molecular complexity index is 451. The van der Waals surface area contributed by atoms with E-state index in [9.17, 15) is 9.59 Å². The van der Waals surface area contributed by atoms with Crippen LogP contribution < -0.4 is 0 Å². The van der Waals surface area contributed by atoms with Gasteiger partial charge in [-0.2, -0.15) is 0 Å². The topological polar surface area (TPSA) is 37.4 Å². The number of fused-ring (bicyclic) bond motifs is 1. The lowest BCUT2D eigenvalue weighted by atomic mass is 10.1. The highest BCUT2D eigenvalue weighted by Crippen LogP contribution is 2.46. The van der Waals surface area contributed by atoms with Gasteiger partial charge in [0.2, 0.25) is 0 Å². The van der Waals surface area contributed by atoms with Crippen LogP contribution in [0.5, 0.6) is 0 Å². The molecular formula is C11H13NO2S4Si. The van der Waals surface area contributed by atoms with Crippen LogP contribution >= 0.6 is 41.4 Å². The number of rotatable bonds is 7. The van der Waals surface area contributed by atoms with Crippen molar-refractivity contribution in [2.45, 2.75) is 12.5 Å². The molecule has 0 aromatic heterocycles. The standard InChI is InChI=1S/C11H13NO2S4Si/c13-10-8-4-1-2-5-9(8)11(14)12(10)16-18-17-15-6-3-7-19/h1-2,4-5H,3,6-7H2,19H3. The highest BCUT2D eigenvalue weighted by atomic mass is 33.7. The van der Waals surface area contributed by atoms with E-state index in [1.807, 2.05) is 0 Å². The van der Waals surface area contributed by atoms with Crippen molar-refractivity contribution >= 4 is 63.5 Å². The number of amides is 2. The van der Waals surface area contributed by atoms with Crippen LogP contribution in [0.15, 0.2) is 24.3 Å². The number of hydrogen-bond acceptors (Lipinski definition) is 6. The number of carbonyl (C=O) groups is 2. The number of carbonyl (C=O) groups excluding carboxylic acids is 2. The van der Waals surface area contributed by atoms with E-state index in [2.05, 4.69) is 0 Å². The third kappa shape index (κ3) is 3.75. The van der Waals surface area contributed by atoms with Crippen molar-refractivity contribution in [3.63, 3.8) is 0 Å². The van der Waals surface area contributed by atoms with E-state index >= 15 is 0 Å². The van der Waals surface area contributed by atoms with Gasteiger partial charge in [0.25, 0.3) is 11.8 Å². The van der Waals surface area contributed by atoms with Gasteiger partial charge in [-0.25, -0.2) is 4.31 Å². The molecule has 1 aromatic rings. The summed E-state index contributed by atoms with van der Waals surface area (Å²) in [6, 6.07) is 8.29. The summed E-state index contributed by atoms with van der Waals surface area (Å²) in [4.78, 5) is 24.1. The third-order valence-corrected chi connectivity index (χ3v) is 9.37. The molecule has 1 aliphatic heterocycles. The van der Waals surface area contributed by atoms with Crippen LogP contribution in [0.3, 0.4) is 0 Å². The van der Waals surface area contributed by atoms with Gasteiger partial charge in [-0.1, -0.05) is 29.0 Å². The fourth-order valence-corrected chi connectivity index (χ4v) is 8.14. The van der Waals surface area contributed by atoms with E-state index in [0.29, 0.717) is 11.1 Å². The maximum Gasteiger partial charge on any atom is 0.272 e. The summed E-state index contributed by atoms with van der Waals surface area (Å²) in [6.45, 7) is 0. The molecule has 0 aliphatic carbocycles. The number of benzene rings is 1. The van der Waals surface area contributed by atoms with Gasteiger partial charge < -0.3 is 0 Å². The van der Waals surface area contributed by atoms with E-state index in [1.54, 1.807) is 44.9 Å². The van der Waals surface area contributed by atoms with Crippen molar-refractivity contribution in [1.29, 1.82) is 0 Å². The molecule has 0 bridgehead atoms. The average Bonchev–Trinajstić information content (AvgIpc) is 2.68. The van der Waals surface area contributed by atoms with Crippen molar-refractivity contribution in [3.8, 4) is 0 Å². The molecule has 102 valence electrons. The fourth-order valence-electron chi connectivity index (χ4n) is 1.53. The smallest absolute Gasteiger partial charge is 0.268 e. The molecule has 2 rings (SSSR count). The Morgan fingerprint density at radius 3 is 2.26 bits per heavy atom. The summed E-state index contributed by atoms with van der Waals surface area (Å²) in [6.07, 6.45) is 1.25. The lowest BCUT2D eigenvalue weighted by Gasteiger charge is -2.09. The molecule has 0 unspecified atom stereocenters. The zero-order chi connectivity index (χ0) is 13.7. The average molecular weight is 348 g/mol.